The van der Waals surface area contributed by atoms with Crippen molar-refractivity contribution in [3.8, 4) is 0 Å². The van der Waals surface area contributed by atoms with Crippen LogP contribution in [0.1, 0.15) is 106 Å². The van der Waals surface area contributed by atoms with Gasteiger partial charge in [-0.1, -0.05) is 156 Å². The second-order valence-electron chi connectivity index (χ2n) is 12.5. The van der Waals surface area contributed by atoms with Crippen molar-refractivity contribution in [2.45, 2.75) is 103 Å². The molecule has 0 fully saturated rings. The Morgan fingerprint density at radius 3 is 1.70 bits per heavy atom. The van der Waals surface area contributed by atoms with E-state index in [4.69, 9.17) is 9.47 Å². The van der Waals surface area contributed by atoms with Gasteiger partial charge in [-0.15, -0.1) is 0 Å². The Morgan fingerprint density at radius 1 is 0.565 bits per heavy atom. The predicted molar refractivity (Wildman–Crippen MR) is 190 cm³/mol. The fourth-order valence-electron chi connectivity index (χ4n) is 6.41. The van der Waals surface area contributed by atoms with Gasteiger partial charge in [0.05, 0.1) is 5.56 Å². The maximum absolute atomic E-state index is 13.6. The highest BCUT2D eigenvalue weighted by Crippen LogP contribution is 2.29. The number of esters is 2. The van der Waals surface area contributed by atoms with E-state index in [0.29, 0.717) is 12.0 Å². The van der Waals surface area contributed by atoms with Crippen molar-refractivity contribution in [3.05, 3.63) is 108 Å². The largest absolute Gasteiger partial charge is 0.458 e. The number of hydrogen-bond donors (Lipinski definition) is 0. The molecular weight excluding hydrogens is 568 g/mol. The first-order valence-electron chi connectivity index (χ1n) is 17.4. The van der Waals surface area contributed by atoms with Crippen molar-refractivity contribution < 1.29 is 19.1 Å². The average molecular weight is 617 g/mol. The molecule has 46 heavy (non-hydrogen) atoms. The summed E-state index contributed by atoms with van der Waals surface area (Å²) < 4.78 is 11.9. The lowest BCUT2D eigenvalue weighted by Gasteiger charge is -2.18. The second-order valence-corrected chi connectivity index (χ2v) is 12.5. The van der Waals surface area contributed by atoms with Crippen LogP contribution >= 0.6 is 0 Å². The third-order valence-electron chi connectivity index (χ3n) is 9.06. The van der Waals surface area contributed by atoms with Crippen LogP contribution in [0.2, 0.25) is 0 Å². The quantitative estimate of drug-likeness (QED) is 0.0558. The molecule has 5 aromatic carbocycles. The van der Waals surface area contributed by atoms with Crippen molar-refractivity contribution in [2.24, 2.45) is 0 Å². The molecule has 0 aliphatic carbocycles. The fourth-order valence-corrected chi connectivity index (χ4v) is 6.41. The number of rotatable bonds is 18. The Balaban J connectivity index is 1.21. The third kappa shape index (κ3) is 9.19. The lowest BCUT2D eigenvalue weighted by Crippen LogP contribution is -2.29. The van der Waals surface area contributed by atoms with Gasteiger partial charge in [-0.2, -0.15) is 0 Å². The summed E-state index contributed by atoms with van der Waals surface area (Å²) in [6, 6.07) is 31.9. The molecule has 0 heterocycles. The van der Waals surface area contributed by atoms with E-state index in [0.717, 1.165) is 57.1 Å². The number of benzene rings is 5. The molecule has 5 aromatic rings. The number of unbranched alkanes of at least 4 members (excludes halogenated alkanes) is 11. The first kappa shape index (κ1) is 33.2. The summed E-state index contributed by atoms with van der Waals surface area (Å²) in [4.78, 5) is 26.9. The van der Waals surface area contributed by atoms with Gasteiger partial charge in [-0.05, 0) is 63.4 Å². The van der Waals surface area contributed by atoms with Crippen LogP contribution in [-0.4, -0.2) is 18.0 Å². The fraction of sp³-hybridized carbons (Fsp3) is 0.381. The summed E-state index contributed by atoms with van der Waals surface area (Å²) >= 11 is 0. The molecule has 4 nitrogen and oxygen atoms in total. The summed E-state index contributed by atoms with van der Waals surface area (Å²) in [5.74, 6) is -0.989. The van der Waals surface area contributed by atoms with Crippen LogP contribution < -0.4 is 0 Å². The molecule has 0 aromatic heterocycles. The summed E-state index contributed by atoms with van der Waals surface area (Å²) in [5, 5.41) is 6.32. The van der Waals surface area contributed by atoms with Gasteiger partial charge in [-0.25, -0.2) is 9.59 Å². The predicted octanol–water partition coefficient (Wildman–Crippen LogP) is 11.5. The molecule has 0 amide bonds. The highest BCUT2D eigenvalue weighted by atomic mass is 16.6. The molecule has 0 spiro atoms. The highest BCUT2D eigenvalue weighted by molar-refractivity contribution is 6.02. The first-order valence-corrected chi connectivity index (χ1v) is 17.4. The van der Waals surface area contributed by atoms with Crippen molar-refractivity contribution in [3.63, 3.8) is 0 Å². The lowest BCUT2D eigenvalue weighted by molar-refractivity contribution is -0.155. The molecular formula is C42H48O4. The minimum absolute atomic E-state index is 0.114. The Kier molecular flexibility index (Phi) is 12.6. The van der Waals surface area contributed by atoms with Gasteiger partial charge in [0, 0.05) is 5.56 Å². The Morgan fingerprint density at radius 2 is 1.09 bits per heavy atom. The highest BCUT2D eigenvalue weighted by Gasteiger charge is 2.26. The summed E-state index contributed by atoms with van der Waals surface area (Å²) in [6.07, 6.45) is 14.2. The van der Waals surface area contributed by atoms with Crippen molar-refractivity contribution in [1.29, 1.82) is 0 Å². The van der Waals surface area contributed by atoms with Crippen LogP contribution in [-0.2, 0) is 20.9 Å². The van der Waals surface area contributed by atoms with Gasteiger partial charge in [-0.3, -0.25) is 0 Å². The zero-order chi connectivity index (χ0) is 32.0. The van der Waals surface area contributed by atoms with E-state index in [9.17, 15) is 9.59 Å². The van der Waals surface area contributed by atoms with Crippen LogP contribution in [0.15, 0.2) is 97.1 Å². The van der Waals surface area contributed by atoms with Crippen molar-refractivity contribution in [2.75, 3.05) is 0 Å². The summed E-state index contributed by atoms with van der Waals surface area (Å²) in [7, 11) is 0. The number of ether oxygens (including phenoxy) is 2. The van der Waals surface area contributed by atoms with Gasteiger partial charge < -0.3 is 9.47 Å². The Bertz CT molecular complexity index is 1670. The van der Waals surface area contributed by atoms with Crippen LogP contribution in [0.25, 0.3) is 32.3 Å². The number of hydrogen-bond acceptors (Lipinski definition) is 4. The Labute approximate surface area is 274 Å². The topological polar surface area (TPSA) is 52.6 Å². The molecule has 0 saturated heterocycles. The average Bonchev–Trinajstić information content (AvgIpc) is 3.09. The minimum Gasteiger partial charge on any atom is -0.458 e. The standard InChI is InChI=1S/C42H48O4/c1-2-3-4-5-6-7-8-9-10-11-12-13-26-40(46-41(43)36-28-27-32-20-14-15-21-33(32)29-36)42(44)45-31-39-37-24-18-16-22-34(37)30-35-23-17-19-25-38(35)39/h14-25,27-30,40H,2-13,26,31H2,1H3/t40-/m1/s1. The van der Waals surface area contributed by atoms with Crippen LogP contribution in [0.5, 0.6) is 0 Å². The van der Waals surface area contributed by atoms with E-state index in [1.54, 1.807) is 6.07 Å². The van der Waals surface area contributed by atoms with E-state index in [1.165, 1.54) is 57.8 Å². The van der Waals surface area contributed by atoms with E-state index in [2.05, 4.69) is 37.3 Å². The summed E-state index contributed by atoms with van der Waals surface area (Å²) in [6.45, 7) is 2.37. The molecule has 0 aliphatic heterocycles. The number of carbonyl (C=O) groups excluding carboxylic acids is 2. The van der Waals surface area contributed by atoms with Gasteiger partial charge >= 0.3 is 11.9 Å². The molecule has 4 heteroatoms. The SMILES string of the molecule is CCCCCCCCCCCCCC[C@@H](OC(=O)c1ccc2ccccc2c1)C(=O)OCc1c2ccccc2cc2ccccc12. The smallest absolute Gasteiger partial charge is 0.347 e. The van der Waals surface area contributed by atoms with Gasteiger partial charge in [0.2, 0.25) is 0 Å². The van der Waals surface area contributed by atoms with E-state index < -0.39 is 18.0 Å². The minimum atomic E-state index is -0.955. The molecule has 0 radical (unpaired) electrons. The summed E-state index contributed by atoms with van der Waals surface area (Å²) in [5.41, 5.74) is 1.40. The maximum Gasteiger partial charge on any atom is 0.347 e. The molecule has 1 atom stereocenters. The normalized spacial score (nSPS) is 12.0. The lowest BCUT2D eigenvalue weighted by atomic mass is 9.97. The van der Waals surface area contributed by atoms with Crippen molar-refractivity contribution in [1.82, 2.24) is 0 Å². The first-order chi connectivity index (χ1) is 22.6. The van der Waals surface area contributed by atoms with Crippen LogP contribution in [0.3, 0.4) is 0 Å². The second kappa shape index (κ2) is 17.5. The van der Waals surface area contributed by atoms with Crippen LogP contribution in [0.4, 0.5) is 0 Å². The number of carbonyl (C=O) groups is 2. The van der Waals surface area contributed by atoms with Gasteiger partial charge in [0.1, 0.15) is 6.61 Å². The van der Waals surface area contributed by atoms with Gasteiger partial charge in [0.15, 0.2) is 6.10 Å². The molecule has 240 valence electrons. The van der Waals surface area contributed by atoms with E-state index >= 15 is 0 Å². The molecule has 0 aliphatic rings. The molecule has 0 bridgehead atoms. The van der Waals surface area contributed by atoms with Crippen LogP contribution in [0, 0.1) is 0 Å². The third-order valence-corrected chi connectivity index (χ3v) is 9.06. The monoisotopic (exact) mass is 616 g/mol. The molecule has 0 saturated carbocycles. The number of fused-ring (bicyclic) bond motifs is 3. The molecule has 0 unspecified atom stereocenters. The van der Waals surface area contributed by atoms with E-state index in [-0.39, 0.29) is 6.61 Å². The van der Waals surface area contributed by atoms with Crippen molar-refractivity contribution >= 4 is 44.3 Å². The van der Waals surface area contributed by atoms with Gasteiger partial charge in [0.25, 0.3) is 0 Å². The zero-order valence-corrected chi connectivity index (χ0v) is 27.3. The maximum atomic E-state index is 13.6. The van der Waals surface area contributed by atoms with E-state index in [1.807, 2.05) is 60.7 Å². The zero-order valence-electron chi connectivity index (χ0n) is 27.3. The molecule has 5 rings (SSSR count). The Hall–Kier alpha value is -4.18. The molecule has 0 N–H and O–H groups in total.